The number of fused-ring (bicyclic) bond motifs is 1. The van der Waals surface area contributed by atoms with Crippen molar-refractivity contribution in [3.05, 3.63) is 17.2 Å². The minimum atomic E-state index is -1.08. The summed E-state index contributed by atoms with van der Waals surface area (Å²) < 4.78 is 1.63. The Morgan fingerprint density at radius 2 is 2.11 bits per heavy atom. The number of carboxylic acids is 2. The van der Waals surface area contributed by atoms with Crippen LogP contribution in [0.25, 0.3) is 0 Å². The van der Waals surface area contributed by atoms with Gasteiger partial charge in [-0.15, -0.1) is 0 Å². The molecule has 6 heteroatoms. The first-order valence-electron chi connectivity index (χ1n) is 6.48. The molecule has 2 N–H and O–H groups in total. The van der Waals surface area contributed by atoms with E-state index in [1.54, 1.807) is 4.57 Å². The summed E-state index contributed by atoms with van der Waals surface area (Å²) in [6.07, 6.45) is 2.38. The zero-order valence-corrected chi connectivity index (χ0v) is 11.1. The molecule has 1 aromatic heterocycles. The van der Waals surface area contributed by atoms with Crippen LogP contribution in [0.3, 0.4) is 0 Å². The molecule has 0 aliphatic carbocycles. The molecule has 1 unspecified atom stereocenters. The van der Waals surface area contributed by atoms with Gasteiger partial charge < -0.3 is 14.8 Å². The second-order valence-electron chi connectivity index (χ2n) is 5.34. The lowest BCUT2D eigenvalue weighted by atomic mass is 10.0. The number of hydrogen-bond donors (Lipinski definition) is 2. The van der Waals surface area contributed by atoms with Crippen LogP contribution in [0.4, 0.5) is 0 Å². The molecule has 0 aromatic carbocycles. The molecule has 6 nitrogen and oxygen atoms in total. The molecule has 0 fully saturated rings. The maximum absolute atomic E-state index is 11.3. The average molecular weight is 266 g/mol. The lowest BCUT2D eigenvalue weighted by Gasteiger charge is -2.24. The van der Waals surface area contributed by atoms with Gasteiger partial charge in [0.05, 0.1) is 5.69 Å². The van der Waals surface area contributed by atoms with E-state index in [1.165, 1.54) is 0 Å². The van der Waals surface area contributed by atoms with Crippen LogP contribution < -0.4 is 0 Å². The van der Waals surface area contributed by atoms with Gasteiger partial charge in [0, 0.05) is 6.42 Å². The van der Waals surface area contributed by atoms with E-state index in [0.717, 1.165) is 0 Å². The normalized spacial score (nSPS) is 18.4. The highest BCUT2D eigenvalue weighted by atomic mass is 16.4. The molecule has 2 rings (SSSR count). The fourth-order valence-electron chi connectivity index (χ4n) is 2.63. The third kappa shape index (κ3) is 2.47. The molecular formula is C13H18N2O4. The van der Waals surface area contributed by atoms with Crippen LogP contribution in [0.5, 0.6) is 0 Å². The van der Waals surface area contributed by atoms with Crippen LogP contribution in [-0.4, -0.2) is 31.7 Å². The molecule has 0 saturated carbocycles. The maximum atomic E-state index is 11.3. The van der Waals surface area contributed by atoms with Crippen molar-refractivity contribution in [3.63, 3.8) is 0 Å². The summed E-state index contributed by atoms with van der Waals surface area (Å²) >= 11 is 0. The second-order valence-corrected chi connectivity index (χ2v) is 5.34. The first-order chi connectivity index (χ1) is 8.91. The quantitative estimate of drug-likeness (QED) is 0.866. The fourth-order valence-corrected chi connectivity index (χ4v) is 2.63. The van der Waals surface area contributed by atoms with E-state index in [-0.39, 0.29) is 5.69 Å². The molecule has 2 heterocycles. The Balaban J connectivity index is 2.55. The van der Waals surface area contributed by atoms with Crippen LogP contribution in [0, 0.1) is 5.92 Å². The van der Waals surface area contributed by atoms with Gasteiger partial charge in [-0.1, -0.05) is 13.8 Å². The molecule has 104 valence electrons. The van der Waals surface area contributed by atoms with Gasteiger partial charge in [0.25, 0.3) is 0 Å². The lowest BCUT2D eigenvalue weighted by molar-refractivity contribution is -0.141. The van der Waals surface area contributed by atoms with Crippen LogP contribution in [0.1, 0.15) is 54.7 Å². The van der Waals surface area contributed by atoms with Gasteiger partial charge in [0.2, 0.25) is 0 Å². The number of aromatic nitrogens is 2. The van der Waals surface area contributed by atoms with Crippen molar-refractivity contribution in [2.75, 3.05) is 0 Å². The molecule has 1 aliphatic heterocycles. The van der Waals surface area contributed by atoms with E-state index in [2.05, 4.69) is 4.98 Å². The summed E-state index contributed by atoms with van der Waals surface area (Å²) in [5.41, 5.74) is 0.573. The minimum absolute atomic E-state index is 0.0154. The zero-order valence-electron chi connectivity index (χ0n) is 11.1. The Bertz CT molecular complexity index is 519. The summed E-state index contributed by atoms with van der Waals surface area (Å²) in [5.74, 6) is -1.12. The lowest BCUT2D eigenvalue weighted by Crippen LogP contribution is -2.27. The average Bonchev–Trinajstić information content (AvgIpc) is 2.67. The maximum Gasteiger partial charge on any atom is 0.356 e. The Kier molecular flexibility index (Phi) is 3.59. The van der Waals surface area contributed by atoms with Crippen molar-refractivity contribution in [2.24, 2.45) is 5.92 Å². The standard InChI is InChI=1S/C13H18N2O4/c1-7(2)6-10-14-11(13(18)19)8-4-3-5-9(12(16)17)15(8)10/h7,9H,3-6H2,1-2H3,(H,16,17)(H,18,19). The topological polar surface area (TPSA) is 92.4 Å². The van der Waals surface area contributed by atoms with Gasteiger partial charge in [0.15, 0.2) is 5.69 Å². The molecule has 0 spiro atoms. The van der Waals surface area contributed by atoms with Crippen molar-refractivity contribution < 1.29 is 19.8 Å². The zero-order chi connectivity index (χ0) is 14.2. The van der Waals surface area contributed by atoms with Gasteiger partial charge in [-0.05, 0) is 25.2 Å². The molecule has 19 heavy (non-hydrogen) atoms. The second kappa shape index (κ2) is 5.03. The third-order valence-corrected chi connectivity index (χ3v) is 3.36. The summed E-state index contributed by atoms with van der Waals surface area (Å²) in [6, 6.07) is -0.682. The van der Waals surface area contributed by atoms with Gasteiger partial charge in [-0.2, -0.15) is 0 Å². The number of aliphatic carboxylic acids is 1. The highest BCUT2D eigenvalue weighted by Gasteiger charge is 2.32. The molecular weight excluding hydrogens is 248 g/mol. The van der Waals surface area contributed by atoms with Gasteiger partial charge in [-0.25, -0.2) is 14.6 Å². The predicted octanol–water partition coefficient (Wildman–Crippen LogP) is 1.74. The minimum Gasteiger partial charge on any atom is -0.480 e. The first kappa shape index (κ1) is 13.6. The molecule has 1 atom stereocenters. The van der Waals surface area contributed by atoms with Crippen LogP contribution in [-0.2, 0) is 17.6 Å². The number of rotatable bonds is 4. The van der Waals surface area contributed by atoms with Gasteiger partial charge in [-0.3, -0.25) is 0 Å². The van der Waals surface area contributed by atoms with Crippen molar-refractivity contribution in [3.8, 4) is 0 Å². The van der Waals surface area contributed by atoms with Crippen LogP contribution in [0.15, 0.2) is 0 Å². The highest BCUT2D eigenvalue weighted by Crippen LogP contribution is 2.30. The summed E-state index contributed by atoms with van der Waals surface area (Å²) in [4.78, 5) is 26.7. The number of carbonyl (C=O) groups is 2. The number of aromatic carboxylic acids is 1. The molecule has 1 aromatic rings. The van der Waals surface area contributed by atoms with Crippen LogP contribution >= 0.6 is 0 Å². The number of imidazole rings is 1. The van der Waals surface area contributed by atoms with E-state index >= 15 is 0 Å². The monoisotopic (exact) mass is 266 g/mol. The van der Waals surface area contributed by atoms with Crippen LogP contribution in [0.2, 0.25) is 0 Å². The highest BCUT2D eigenvalue weighted by molar-refractivity contribution is 5.87. The number of hydrogen-bond acceptors (Lipinski definition) is 3. The first-order valence-corrected chi connectivity index (χ1v) is 6.48. The van der Waals surface area contributed by atoms with E-state index in [1.807, 2.05) is 13.8 Å². The van der Waals surface area contributed by atoms with Crippen molar-refractivity contribution >= 4 is 11.9 Å². The van der Waals surface area contributed by atoms with Gasteiger partial charge >= 0.3 is 11.9 Å². The Hall–Kier alpha value is -1.85. The fraction of sp³-hybridized carbons (Fsp3) is 0.615. The summed E-state index contributed by atoms with van der Waals surface area (Å²) in [6.45, 7) is 4.00. The molecule has 0 bridgehead atoms. The van der Waals surface area contributed by atoms with E-state index < -0.39 is 18.0 Å². The smallest absolute Gasteiger partial charge is 0.356 e. The molecule has 0 saturated heterocycles. The Morgan fingerprint density at radius 1 is 1.42 bits per heavy atom. The largest absolute Gasteiger partial charge is 0.480 e. The Labute approximate surface area is 111 Å². The SMILES string of the molecule is CC(C)Cc1nc(C(=O)O)c2n1C(C(=O)O)CCC2. The van der Waals surface area contributed by atoms with Gasteiger partial charge in [0.1, 0.15) is 11.9 Å². The van der Waals surface area contributed by atoms with Crippen molar-refractivity contribution in [2.45, 2.75) is 45.6 Å². The van der Waals surface area contributed by atoms with E-state index in [4.69, 9.17) is 0 Å². The molecule has 0 amide bonds. The third-order valence-electron chi connectivity index (χ3n) is 3.36. The summed E-state index contributed by atoms with van der Waals surface area (Å²) in [5, 5.41) is 18.5. The number of carboxylic acid groups (broad SMARTS) is 2. The molecule has 0 radical (unpaired) electrons. The van der Waals surface area contributed by atoms with E-state index in [9.17, 15) is 19.8 Å². The number of nitrogens with zero attached hydrogens (tertiary/aromatic N) is 2. The Morgan fingerprint density at radius 3 is 2.63 bits per heavy atom. The van der Waals surface area contributed by atoms with Crippen molar-refractivity contribution in [1.29, 1.82) is 0 Å². The predicted molar refractivity (Wildman–Crippen MR) is 67.3 cm³/mol. The molecule has 1 aliphatic rings. The van der Waals surface area contributed by atoms with E-state index in [0.29, 0.717) is 43.1 Å². The van der Waals surface area contributed by atoms with Crippen molar-refractivity contribution in [1.82, 2.24) is 9.55 Å². The summed E-state index contributed by atoms with van der Waals surface area (Å²) in [7, 11) is 0.